The summed E-state index contributed by atoms with van der Waals surface area (Å²) in [4.78, 5) is 2.54. The van der Waals surface area contributed by atoms with Crippen molar-refractivity contribution in [3.63, 3.8) is 0 Å². The summed E-state index contributed by atoms with van der Waals surface area (Å²) in [5.41, 5.74) is 13.7. The summed E-state index contributed by atoms with van der Waals surface area (Å²) in [5.74, 6) is 0. The van der Waals surface area contributed by atoms with Gasteiger partial charge in [-0.3, -0.25) is 0 Å². The Morgan fingerprint density at radius 2 is 0.982 bits per heavy atom. The van der Waals surface area contributed by atoms with Gasteiger partial charge in [-0.05, 0) is 84.9 Å². The van der Waals surface area contributed by atoms with Gasteiger partial charge in [-0.15, -0.1) is 11.3 Å². The molecule has 1 nitrogen and oxygen atoms in total. The number of rotatable bonds is 5. The zero-order valence-corrected chi connectivity index (χ0v) is 31.6. The van der Waals surface area contributed by atoms with Crippen LogP contribution in [0.15, 0.2) is 188 Å². The van der Waals surface area contributed by atoms with E-state index in [1.807, 2.05) is 11.3 Å². The second-order valence-corrected chi connectivity index (χ2v) is 16.3. The monoisotopic (exact) mass is 719 g/mol. The lowest BCUT2D eigenvalue weighted by atomic mass is 9.78. The predicted octanol–water partition coefficient (Wildman–Crippen LogP) is 15.5. The van der Waals surface area contributed by atoms with Crippen molar-refractivity contribution < 1.29 is 0 Å². The zero-order valence-electron chi connectivity index (χ0n) is 30.8. The van der Waals surface area contributed by atoms with Crippen molar-refractivity contribution in [3.8, 4) is 33.4 Å². The smallest absolute Gasteiger partial charge is 0.0640 e. The Morgan fingerprint density at radius 1 is 0.382 bits per heavy atom. The second-order valence-electron chi connectivity index (χ2n) is 15.3. The Bertz CT molecular complexity index is 3120. The van der Waals surface area contributed by atoms with Crippen molar-refractivity contribution >= 4 is 70.1 Å². The first-order chi connectivity index (χ1) is 27.1. The van der Waals surface area contributed by atoms with Gasteiger partial charge in [0, 0.05) is 32.0 Å². The fourth-order valence-corrected chi connectivity index (χ4v) is 10.8. The standard InChI is InChI=1S/C53H37NS/c1-53(2)49-39-23-10-9-20-36(39)30-31-43(49)46-33-48(41-24-11-12-25-42(41)50(46)53)54(38-22-13-21-37(32-38)34-16-5-3-6-17-34)47-29-15-28-45-44-27-14-26-40(51(44)55-52(45)47)35-18-7-4-8-19-35/h3-33H,1-2H3. The van der Waals surface area contributed by atoms with Gasteiger partial charge in [-0.1, -0.05) is 178 Å². The van der Waals surface area contributed by atoms with E-state index < -0.39 is 0 Å². The number of anilines is 3. The topological polar surface area (TPSA) is 3.24 Å². The van der Waals surface area contributed by atoms with Gasteiger partial charge in [-0.2, -0.15) is 0 Å². The number of benzene rings is 9. The summed E-state index contributed by atoms with van der Waals surface area (Å²) in [5, 5.41) is 7.75. The molecular weight excluding hydrogens is 683 g/mol. The highest BCUT2D eigenvalue weighted by atomic mass is 32.1. The molecule has 0 bridgehead atoms. The molecule has 0 atom stereocenters. The molecule has 55 heavy (non-hydrogen) atoms. The molecule has 1 heterocycles. The zero-order chi connectivity index (χ0) is 36.7. The summed E-state index contributed by atoms with van der Waals surface area (Å²) >= 11 is 1.91. The minimum Gasteiger partial charge on any atom is -0.308 e. The summed E-state index contributed by atoms with van der Waals surface area (Å²) in [6.07, 6.45) is 0. The van der Waals surface area contributed by atoms with Crippen LogP contribution in [0.1, 0.15) is 25.0 Å². The maximum Gasteiger partial charge on any atom is 0.0640 e. The third kappa shape index (κ3) is 4.85. The molecule has 260 valence electrons. The van der Waals surface area contributed by atoms with E-state index in [4.69, 9.17) is 0 Å². The fourth-order valence-electron chi connectivity index (χ4n) is 9.41. The lowest BCUT2D eigenvalue weighted by Gasteiger charge is -2.30. The molecule has 1 aromatic heterocycles. The molecule has 0 N–H and O–H groups in total. The second kappa shape index (κ2) is 12.3. The molecule has 2 heteroatoms. The molecule has 0 radical (unpaired) electrons. The van der Waals surface area contributed by atoms with E-state index in [0.29, 0.717) is 0 Å². The van der Waals surface area contributed by atoms with E-state index in [0.717, 1.165) is 5.69 Å². The van der Waals surface area contributed by atoms with Crippen LogP contribution in [0.4, 0.5) is 17.1 Å². The number of thiophene rings is 1. The Hall–Kier alpha value is -6.48. The van der Waals surface area contributed by atoms with Gasteiger partial charge >= 0.3 is 0 Å². The van der Waals surface area contributed by atoms with Gasteiger partial charge < -0.3 is 4.90 Å². The van der Waals surface area contributed by atoms with Crippen LogP contribution in [0.2, 0.25) is 0 Å². The summed E-state index contributed by atoms with van der Waals surface area (Å²) in [6.45, 7) is 4.83. The Balaban J connectivity index is 1.23. The van der Waals surface area contributed by atoms with Gasteiger partial charge in [-0.25, -0.2) is 0 Å². The molecule has 0 aliphatic heterocycles. The minimum absolute atomic E-state index is 0.180. The van der Waals surface area contributed by atoms with Crippen LogP contribution < -0.4 is 4.90 Å². The van der Waals surface area contributed by atoms with Crippen LogP contribution in [-0.4, -0.2) is 0 Å². The third-order valence-electron chi connectivity index (χ3n) is 11.8. The van der Waals surface area contributed by atoms with Crippen LogP contribution in [0.25, 0.3) is 75.1 Å². The van der Waals surface area contributed by atoms with Crippen LogP contribution in [0.3, 0.4) is 0 Å². The van der Waals surface area contributed by atoms with Crippen LogP contribution in [0, 0.1) is 0 Å². The van der Waals surface area contributed by atoms with Gasteiger partial charge in [0.05, 0.1) is 16.1 Å². The van der Waals surface area contributed by atoms with Crippen molar-refractivity contribution in [2.24, 2.45) is 0 Å². The predicted molar refractivity (Wildman–Crippen MR) is 237 cm³/mol. The molecule has 0 fully saturated rings. The van der Waals surface area contributed by atoms with Crippen molar-refractivity contribution in [2.75, 3.05) is 4.90 Å². The largest absolute Gasteiger partial charge is 0.308 e. The number of hydrogen-bond donors (Lipinski definition) is 0. The molecule has 0 unspecified atom stereocenters. The highest BCUT2D eigenvalue weighted by Crippen LogP contribution is 2.57. The van der Waals surface area contributed by atoms with Crippen molar-refractivity contribution in [1.29, 1.82) is 0 Å². The molecule has 1 aliphatic carbocycles. The van der Waals surface area contributed by atoms with Crippen LogP contribution in [0.5, 0.6) is 0 Å². The van der Waals surface area contributed by atoms with E-state index in [9.17, 15) is 0 Å². The molecule has 0 saturated carbocycles. The van der Waals surface area contributed by atoms with E-state index in [2.05, 4.69) is 207 Å². The lowest BCUT2D eigenvalue weighted by Crippen LogP contribution is -2.17. The molecule has 9 aromatic carbocycles. The lowest BCUT2D eigenvalue weighted by molar-refractivity contribution is 0.672. The van der Waals surface area contributed by atoms with Gasteiger partial charge in [0.1, 0.15) is 0 Å². The van der Waals surface area contributed by atoms with Gasteiger partial charge in [0.2, 0.25) is 0 Å². The highest BCUT2D eigenvalue weighted by Gasteiger charge is 2.39. The fraction of sp³-hybridized carbons (Fsp3) is 0.0566. The quantitative estimate of drug-likeness (QED) is 0.171. The van der Waals surface area contributed by atoms with Gasteiger partial charge in [0.25, 0.3) is 0 Å². The van der Waals surface area contributed by atoms with Crippen molar-refractivity contribution in [3.05, 3.63) is 199 Å². The average Bonchev–Trinajstić information content (AvgIpc) is 3.74. The maximum atomic E-state index is 2.54. The molecule has 0 spiro atoms. The first-order valence-electron chi connectivity index (χ1n) is 19.1. The first kappa shape index (κ1) is 32.0. The normalized spacial score (nSPS) is 13.1. The Labute approximate surface area is 325 Å². The molecule has 10 aromatic rings. The maximum absolute atomic E-state index is 2.54. The van der Waals surface area contributed by atoms with Crippen molar-refractivity contribution in [1.82, 2.24) is 0 Å². The Morgan fingerprint density at radius 3 is 1.78 bits per heavy atom. The number of hydrogen-bond acceptors (Lipinski definition) is 2. The first-order valence-corrected chi connectivity index (χ1v) is 19.9. The van der Waals surface area contributed by atoms with Gasteiger partial charge in [0.15, 0.2) is 0 Å². The van der Waals surface area contributed by atoms with Crippen LogP contribution in [-0.2, 0) is 5.41 Å². The number of fused-ring (bicyclic) bond motifs is 10. The SMILES string of the molecule is CC1(C)c2c(ccc3ccccc23)-c2cc(N(c3cccc(-c4ccccc4)c3)c3cccc4c3sc3c(-c5ccccc5)cccc34)c3ccccc3c21. The Kier molecular flexibility index (Phi) is 7.14. The van der Waals surface area contributed by atoms with Crippen LogP contribution >= 0.6 is 11.3 Å². The summed E-state index contributed by atoms with van der Waals surface area (Å²) < 4.78 is 2.60. The van der Waals surface area contributed by atoms with E-state index >= 15 is 0 Å². The average molecular weight is 720 g/mol. The van der Waals surface area contributed by atoms with Crippen molar-refractivity contribution in [2.45, 2.75) is 19.3 Å². The van der Waals surface area contributed by atoms with E-state index in [1.54, 1.807) is 0 Å². The van der Waals surface area contributed by atoms with E-state index in [-0.39, 0.29) is 5.41 Å². The van der Waals surface area contributed by atoms with E-state index in [1.165, 1.54) is 97.6 Å². The molecular formula is C53H37NS. The molecule has 0 saturated heterocycles. The summed E-state index contributed by atoms with van der Waals surface area (Å²) in [7, 11) is 0. The molecule has 11 rings (SSSR count). The molecule has 0 amide bonds. The summed E-state index contributed by atoms with van der Waals surface area (Å²) in [6, 6.07) is 69.4. The highest BCUT2D eigenvalue weighted by molar-refractivity contribution is 7.27. The minimum atomic E-state index is -0.180. The third-order valence-corrected chi connectivity index (χ3v) is 13.1. The number of nitrogens with zero attached hydrogens (tertiary/aromatic N) is 1. The molecule has 1 aliphatic rings.